The molecule has 4 aromatic rings. The van der Waals surface area contributed by atoms with Gasteiger partial charge in [0.1, 0.15) is 5.82 Å². The largest absolute Gasteiger partial charge is 0.465 e. The maximum Gasteiger partial charge on any atom is 0.337 e. The summed E-state index contributed by atoms with van der Waals surface area (Å²) in [5.74, 6) is -2.68. The topological polar surface area (TPSA) is 68.3 Å². The highest BCUT2D eigenvalue weighted by molar-refractivity contribution is 9.10. The van der Waals surface area contributed by atoms with Gasteiger partial charge in [0.2, 0.25) is 0 Å². The van der Waals surface area contributed by atoms with Crippen molar-refractivity contribution < 1.29 is 27.5 Å². The van der Waals surface area contributed by atoms with Crippen LogP contribution in [0.1, 0.15) is 26.3 Å². The van der Waals surface area contributed by atoms with E-state index in [-0.39, 0.29) is 27.9 Å². The van der Waals surface area contributed by atoms with Crippen LogP contribution in [0.15, 0.2) is 71.2 Å². The number of nitrogens with one attached hydrogen (secondary N) is 1. The molecule has 0 aliphatic heterocycles. The molecule has 5 nitrogen and oxygen atoms in total. The summed E-state index contributed by atoms with van der Waals surface area (Å²) in [6.45, 7) is 0. The number of ether oxygens (including phenoxy) is 1. The predicted molar refractivity (Wildman–Crippen MR) is 133 cm³/mol. The lowest BCUT2D eigenvalue weighted by Crippen LogP contribution is -2.21. The van der Waals surface area contributed by atoms with E-state index in [0.29, 0.717) is 15.6 Å². The zero-order chi connectivity index (χ0) is 25.3. The summed E-state index contributed by atoms with van der Waals surface area (Å²) in [7, 11) is 1.15. The number of fused-ring (bicyclic) bond motifs is 1. The Morgan fingerprint density at radius 3 is 2.37 bits per heavy atom. The molecule has 0 saturated carbocycles. The molecule has 1 heterocycles. The molecular formula is C25H15Br2F3N2O3. The van der Waals surface area contributed by atoms with Crippen LogP contribution < -0.4 is 5.32 Å². The fourth-order valence-electron chi connectivity index (χ4n) is 3.60. The van der Waals surface area contributed by atoms with Crippen molar-refractivity contribution >= 4 is 60.3 Å². The molecule has 0 aliphatic carbocycles. The number of aromatic nitrogens is 1. The number of halogens is 5. The Morgan fingerprint density at radius 2 is 1.74 bits per heavy atom. The number of rotatable bonds is 5. The number of carbonyl (C=O) groups excluding carboxylic acids is 2. The fourth-order valence-corrected chi connectivity index (χ4v) is 4.35. The first-order chi connectivity index (χ1) is 16.6. The Morgan fingerprint density at radius 1 is 1.03 bits per heavy atom. The minimum atomic E-state index is -3.65. The van der Waals surface area contributed by atoms with E-state index in [0.717, 1.165) is 19.2 Å². The lowest BCUT2D eigenvalue weighted by molar-refractivity contribution is 0.0600. The first kappa shape index (κ1) is 24.9. The van der Waals surface area contributed by atoms with Crippen LogP contribution in [-0.2, 0) is 9.57 Å². The van der Waals surface area contributed by atoms with Crippen LogP contribution in [0.3, 0.4) is 0 Å². The van der Waals surface area contributed by atoms with Crippen LogP contribution in [-0.4, -0.2) is 24.0 Å². The van der Waals surface area contributed by atoms with Gasteiger partial charge in [0.15, 0.2) is 0 Å². The summed E-state index contributed by atoms with van der Waals surface area (Å²) in [5.41, 5.74) is -0.859. The number of nitrogens with zero attached hydrogens (tertiary/aromatic N) is 1. The molecular weight excluding hydrogens is 593 g/mol. The highest BCUT2D eigenvalue weighted by atomic mass is 79.9. The van der Waals surface area contributed by atoms with Crippen LogP contribution in [0.5, 0.6) is 0 Å². The van der Waals surface area contributed by atoms with Gasteiger partial charge in [0.25, 0.3) is 5.91 Å². The molecule has 35 heavy (non-hydrogen) atoms. The second-order valence-corrected chi connectivity index (χ2v) is 9.29. The molecule has 0 atom stereocenters. The first-order valence-electron chi connectivity index (χ1n) is 10.0. The number of pyridine rings is 1. The van der Waals surface area contributed by atoms with Crippen molar-refractivity contribution in [2.45, 2.75) is 4.83 Å². The molecule has 1 aromatic heterocycles. The third kappa shape index (κ3) is 5.08. The van der Waals surface area contributed by atoms with E-state index in [1.54, 1.807) is 42.5 Å². The molecule has 4 rings (SSSR count). The van der Waals surface area contributed by atoms with E-state index in [2.05, 4.69) is 46.9 Å². The van der Waals surface area contributed by atoms with E-state index < -0.39 is 28.1 Å². The third-order valence-electron chi connectivity index (χ3n) is 5.14. The van der Waals surface area contributed by atoms with E-state index in [9.17, 15) is 14.0 Å². The molecule has 0 fully saturated rings. The molecule has 0 radical (unpaired) electrons. The second kappa shape index (κ2) is 9.79. The lowest BCUT2D eigenvalue weighted by atomic mass is 9.96. The monoisotopic (exact) mass is 606 g/mol. The summed E-state index contributed by atoms with van der Waals surface area (Å²) in [4.78, 5) is 25.9. The van der Waals surface area contributed by atoms with Gasteiger partial charge in [-0.1, -0.05) is 46.3 Å². The maximum atomic E-state index is 15.0. The number of carbonyl (C=O) groups is 2. The molecule has 3 aromatic carbocycles. The van der Waals surface area contributed by atoms with Gasteiger partial charge >= 0.3 is 10.8 Å². The van der Waals surface area contributed by atoms with Gasteiger partial charge in [-0.25, -0.2) is 14.2 Å². The summed E-state index contributed by atoms with van der Waals surface area (Å²) in [6, 6.07) is 16.3. The molecule has 0 bridgehead atoms. The third-order valence-corrected chi connectivity index (χ3v) is 6.03. The minimum Gasteiger partial charge on any atom is -0.465 e. The second-order valence-electron chi connectivity index (χ2n) is 7.38. The first-order valence-corrected chi connectivity index (χ1v) is 11.6. The van der Waals surface area contributed by atoms with Crippen LogP contribution in [0.2, 0.25) is 0 Å². The Balaban J connectivity index is 1.94. The number of amides is 1. The number of hydrogen-bond acceptors (Lipinski definition) is 4. The van der Waals surface area contributed by atoms with Crippen molar-refractivity contribution in [1.29, 1.82) is 0 Å². The van der Waals surface area contributed by atoms with Crippen molar-refractivity contribution in [2.24, 2.45) is 0 Å². The molecule has 1 amide bonds. The average molecular weight is 608 g/mol. The van der Waals surface area contributed by atoms with Gasteiger partial charge in [0, 0.05) is 15.4 Å². The highest BCUT2D eigenvalue weighted by Crippen LogP contribution is 2.44. The number of hydrogen-bond donors (Lipinski definition) is 1. The average Bonchev–Trinajstić information content (AvgIpc) is 2.83. The summed E-state index contributed by atoms with van der Waals surface area (Å²) in [6.07, 6.45) is 0. The van der Waals surface area contributed by atoms with Crippen molar-refractivity contribution in [2.75, 3.05) is 12.4 Å². The Labute approximate surface area is 214 Å². The van der Waals surface area contributed by atoms with Gasteiger partial charge in [-0.2, -0.15) is 8.78 Å². The smallest absolute Gasteiger partial charge is 0.337 e. The summed E-state index contributed by atoms with van der Waals surface area (Å²) >= 11 is 5.70. The van der Waals surface area contributed by atoms with Crippen LogP contribution in [0.25, 0.3) is 22.2 Å². The Bertz CT molecular complexity index is 1460. The van der Waals surface area contributed by atoms with Crippen LogP contribution in [0, 0.1) is 5.82 Å². The number of benzene rings is 3. The van der Waals surface area contributed by atoms with Crippen molar-refractivity contribution in [3.63, 3.8) is 0 Å². The molecule has 0 unspecified atom stereocenters. The standard InChI is InChI=1S/C25H15Br2F3N2O3/c1-35-24(34)14-7-9-19(17(28)11-14)32-23(33)20-16-12-15(26)8-10-18(16)31-22(21(20)25(27,29)30)13-5-3-2-4-6-13/h2-12H,1H3,(H,32,33). The number of anilines is 1. The Kier molecular flexibility index (Phi) is 6.95. The predicted octanol–water partition coefficient (Wildman–Crippen LogP) is 7.29. The Hall–Kier alpha value is -3.24. The van der Waals surface area contributed by atoms with Gasteiger partial charge in [-0.05, 0) is 52.3 Å². The summed E-state index contributed by atoms with van der Waals surface area (Å²) < 4.78 is 49.8. The molecule has 0 saturated heterocycles. The van der Waals surface area contributed by atoms with E-state index in [1.165, 1.54) is 12.1 Å². The molecule has 1 N–H and O–H groups in total. The van der Waals surface area contributed by atoms with Crippen LogP contribution >= 0.6 is 31.9 Å². The van der Waals surface area contributed by atoms with E-state index >= 15 is 8.78 Å². The molecule has 178 valence electrons. The number of esters is 1. The SMILES string of the molecule is COC(=O)c1ccc(NC(=O)c2c(C(F)(F)Br)c(-c3ccccc3)nc3ccc(Br)cc23)c(F)c1. The van der Waals surface area contributed by atoms with Crippen molar-refractivity contribution in [3.8, 4) is 11.3 Å². The number of alkyl halides is 3. The highest BCUT2D eigenvalue weighted by Gasteiger charge is 2.38. The summed E-state index contributed by atoms with van der Waals surface area (Å²) in [5, 5.41) is 2.49. The van der Waals surface area contributed by atoms with Gasteiger partial charge in [-0.15, -0.1) is 0 Å². The zero-order valence-corrected chi connectivity index (χ0v) is 21.1. The van der Waals surface area contributed by atoms with Crippen LogP contribution in [0.4, 0.5) is 18.9 Å². The normalized spacial score (nSPS) is 11.4. The zero-order valence-electron chi connectivity index (χ0n) is 17.9. The van der Waals surface area contributed by atoms with Gasteiger partial charge < -0.3 is 10.1 Å². The lowest BCUT2D eigenvalue weighted by Gasteiger charge is -2.20. The maximum absolute atomic E-state index is 15.0. The van der Waals surface area contributed by atoms with Gasteiger partial charge in [0.05, 0.1) is 40.7 Å². The molecule has 0 aliphatic rings. The molecule has 10 heteroatoms. The van der Waals surface area contributed by atoms with Crippen molar-refractivity contribution in [3.05, 3.63) is 93.7 Å². The van der Waals surface area contributed by atoms with Crippen molar-refractivity contribution in [1.82, 2.24) is 4.98 Å². The minimum absolute atomic E-state index is 0.0691. The quantitative estimate of drug-likeness (QED) is 0.191. The molecule has 0 spiro atoms. The number of methoxy groups -OCH3 is 1. The van der Waals surface area contributed by atoms with Gasteiger partial charge in [-0.3, -0.25) is 4.79 Å². The fraction of sp³-hybridized carbons (Fsp3) is 0.0800. The van der Waals surface area contributed by atoms with E-state index in [1.807, 2.05) is 0 Å². The van der Waals surface area contributed by atoms with E-state index in [4.69, 9.17) is 0 Å².